The fourth-order valence-electron chi connectivity index (χ4n) is 2.44. The van der Waals surface area contributed by atoms with Gasteiger partial charge in [0.2, 0.25) is 0 Å². The van der Waals surface area contributed by atoms with Crippen LogP contribution in [0.4, 0.5) is 5.82 Å². The van der Waals surface area contributed by atoms with Crippen molar-refractivity contribution < 1.29 is 0 Å². The van der Waals surface area contributed by atoms with E-state index in [1.165, 1.54) is 6.42 Å². The van der Waals surface area contributed by atoms with E-state index in [1.54, 1.807) is 0 Å². The fourth-order valence-corrected chi connectivity index (χ4v) is 2.44. The van der Waals surface area contributed by atoms with Gasteiger partial charge in [0, 0.05) is 22.9 Å². The lowest BCUT2D eigenvalue weighted by Gasteiger charge is -2.38. The summed E-state index contributed by atoms with van der Waals surface area (Å²) >= 11 is 0. The molecule has 1 heterocycles. The molecule has 0 radical (unpaired) electrons. The molecule has 0 unspecified atom stereocenters. The van der Waals surface area contributed by atoms with Gasteiger partial charge in [-0.1, -0.05) is 24.3 Å². The number of aromatic nitrogens is 2. The summed E-state index contributed by atoms with van der Waals surface area (Å²) in [7, 11) is 0. The zero-order valence-corrected chi connectivity index (χ0v) is 10.6. The minimum absolute atomic E-state index is 0.0479. The molecule has 1 aromatic heterocycles. The van der Waals surface area contributed by atoms with E-state index in [9.17, 15) is 0 Å². The third-order valence-electron chi connectivity index (χ3n) is 3.83. The van der Waals surface area contributed by atoms with E-state index < -0.39 is 0 Å². The summed E-state index contributed by atoms with van der Waals surface area (Å²) in [6.07, 6.45) is 3.42. The first-order valence-corrected chi connectivity index (χ1v) is 6.43. The molecular weight excluding hydrogens is 224 g/mol. The maximum Gasteiger partial charge on any atom is 0.156 e. The number of aryl methyl sites for hydroxylation is 1. The Bertz CT molecular complexity index is 575. The number of nitrogens with two attached hydrogens (primary N) is 1. The van der Waals surface area contributed by atoms with Crippen LogP contribution in [0, 0.1) is 6.92 Å². The van der Waals surface area contributed by atoms with E-state index in [0.717, 1.165) is 41.7 Å². The molecule has 18 heavy (non-hydrogen) atoms. The van der Waals surface area contributed by atoms with E-state index in [2.05, 4.69) is 27.6 Å². The molecule has 1 aromatic carbocycles. The monoisotopic (exact) mass is 242 g/mol. The normalized spacial score (nSPS) is 17.4. The molecule has 4 nitrogen and oxygen atoms in total. The van der Waals surface area contributed by atoms with Crippen LogP contribution in [0.2, 0.25) is 0 Å². The molecule has 3 rings (SSSR count). The number of benzene rings is 1. The van der Waals surface area contributed by atoms with Crippen molar-refractivity contribution in [1.82, 2.24) is 10.2 Å². The summed E-state index contributed by atoms with van der Waals surface area (Å²) in [4.78, 5) is 0. The molecule has 94 valence electrons. The maximum absolute atomic E-state index is 6.21. The lowest BCUT2D eigenvalue weighted by Crippen LogP contribution is -2.52. The van der Waals surface area contributed by atoms with Crippen molar-refractivity contribution in [2.45, 2.75) is 31.7 Å². The Hall–Kier alpha value is -1.68. The second-order valence-electron chi connectivity index (χ2n) is 5.25. The molecule has 0 atom stereocenters. The van der Waals surface area contributed by atoms with Crippen molar-refractivity contribution >= 4 is 16.6 Å². The molecule has 1 saturated carbocycles. The van der Waals surface area contributed by atoms with Gasteiger partial charge < -0.3 is 11.1 Å². The molecule has 1 aliphatic carbocycles. The second-order valence-corrected chi connectivity index (χ2v) is 5.25. The molecule has 1 fully saturated rings. The second kappa shape index (κ2) is 4.21. The summed E-state index contributed by atoms with van der Waals surface area (Å²) in [5, 5.41) is 14.1. The summed E-state index contributed by atoms with van der Waals surface area (Å²) in [6, 6.07) is 8.20. The number of rotatable bonds is 3. The minimum Gasteiger partial charge on any atom is -0.366 e. The summed E-state index contributed by atoms with van der Waals surface area (Å²) in [6.45, 7) is 2.75. The topological polar surface area (TPSA) is 63.8 Å². The summed E-state index contributed by atoms with van der Waals surface area (Å²) in [5.74, 6) is 0.841. The molecule has 0 spiro atoms. The summed E-state index contributed by atoms with van der Waals surface area (Å²) < 4.78 is 0. The average molecular weight is 242 g/mol. The molecule has 3 N–H and O–H groups in total. The van der Waals surface area contributed by atoms with Crippen molar-refractivity contribution in [3.8, 4) is 0 Å². The van der Waals surface area contributed by atoms with Crippen LogP contribution in [0.25, 0.3) is 10.8 Å². The smallest absolute Gasteiger partial charge is 0.156 e. The predicted molar refractivity (Wildman–Crippen MR) is 73.5 cm³/mol. The van der Waals surface area contributed by atoms with Gasteiger partial charge in [-0.3, -0.25) is 0 Å². The molecule has 0 amide bonds. The van der Waals surface area contributed by atoms with E-state index in [-0.39, 0.29) is 5.54 Å². The molecule has 1 aliphatic rings. The van der Waals surface area contributed by atoms with Crippen LogP contribution in [0.3, 0.4) is 0 Å². The SMILES string of the molecule is Cc1nnc(NCC2(N)CCC2)c2ccccc12. The highest BCUT2D eigenvalue weighted by Crippen LogP contribution is 2.30. The molecule has 4 heteroatoms. The largest absolute Gasteiger partial charge is 0.366 e. The van der Waals surface area contributed by atoms with Gasteiger partial charge in [0.05, 0.1) is 5.69 Å². The zero-order valence-electron chi connectivity index (χ0n) is 10.6. The van der Waals surface area contributed by atoms with Crippen LogP contribution in [-0.2, 0) is 0 Å². The van der Waals surface area contributed by atoms with Crippen LogP contribution >= 0.6 is 0 Å². The number of fused-ring (bicyclic) bond motifs is 1. The molecule has 2 aromatic rings. The minimum atomic E-state index is -0.0479. The molecule has 0 saturated heterocycles. The van der Waals surface area contributed by atoms with Gasteiger partial charge >= 0.3 is 0 Å². The number of nitrogens with zero attached hydrogens (tertiary/aromatic N) is 2. The van der Waals surface area contributed by atoms with Gasteiger partial charge in [-0.25, -0.2) is 0 Å². The maximum atomic E-state index is 6.21. The number of nitrogens with one attached hydrogen (secondary N) is 1. The van der Waals surface area contributed by atoms with Crippen LogP contribution in [0.5, 0.6) is 0 Å². The number of hydrogen-bond acceptors (Lipinski definition) is 4. The van der Waals surface area contributed by atoms with Gasteiger partial charge in [-0.15, -0.1) is 5.10 Å². The standard InChI is InChI=1S/C14H18N4/c1-10-11-5-2-3-6-12(11)13(18-17-10)16-9-14(15)7-4-8-14/h2-3,5-6H,4,7-9,15H2,1H3,(H,16,18). The highest BCUT2D eigenvalue weighted by Gasteiger charge is 2.32. The Morgan fingerprint density at radius 3 is 2.61 bits per heavy atom. The van der Waals surface area contributed by atoms with Gasteiger partial charge in [-0.2, -0.15) is 5.10 Å². The van der Waals surface area contributed by atoms with Crippen LogP contribution < -0.4 is 11.1 Å². The third-order valence-corrected chi connectivity index (χ3v) is 3.83. The van der Waals surface area contributed by atoms with Gasteiger partial charge in [-0.05, 0) is 26.2 Å². The first kappa shape index (κ1) is 11.4. The van der Waals surface area contributed by atoms with Crippen molar-refractivity contribution in [3.05, 3.63) is 30.0 Å². The van der Waals surface area contributed by atoms with E-state index >= 15 is 0 Å². The fraction of sp³-hybridized carbons (Fsp3) is 0.429. The number of anilines is 1. The first-order chi connectivity index (χ1) is 8.68. The first-order valence-electron chi connectivity index (χ1n) is 6.43. The van der Waals surface area contributed by atoms with Crippen molar-refractivity contribution in [2.24, 2.45) is 5.73 Å². The van der Waals surface area contributed by atoms with E-state index in [1.807, 2.05) is 19.1 Å². The third kappa shape index (κ3) is 1.93. The van der Waals surface area contributed by atoms with Crippen LogP contribution in [-0.4, -0.2) is 22.3 Å². The zero-order chi connectivity index (χ0) is 12.6. The Kier molecular flexibility index (Phi) is 2.67. The molecule has 0 aliphatic heterocycles. The van der Waals surface area contributed by atoms with E-state index in [0.29, 0.717) is 0 Å². The van der Waals surface area contributed by atoms with Crippen molar-refractivity contribution in [2.75, 3.05) is 11.9 Å². The van der Waals surface area contributed by atoms with Gasteiger partial charge in [0.15, 0.2) is 5.82 Å². The Morgan fingerprint density at radius 2 is 1.94 bits per heavy atom. The summed E-state index contributed by atoms with van der Waals surface area (Å²) in [5.41, 5.74) is 7.13. The van der Waals surface area contributed by atoms with Crippen molar-refractivity contribution in [1.29, 1.82) is 0 Å². The highest BCUT2D eigenvalue weighted by atomic mass is 15.2. The van der Waals surface area contributed by atoms with Crippen LogP contribution in [0.1, 0.15) is 25.0 Å². The van der Waals surface area contributed by atoms with Gasteiger partial charge in [0.1, 0.15) is 0 Å². The molecular formula is C14H18N4. The van der Waals surface area contributed by atoms with Crippen LogP contribution in [0.15, 0.2) is 24.3 Å². The Balaban J connectivity index is 1.90. The number of hydrogen-bond donors (Lipinski definition) is 2. The predicted octanol–water partition coefficient (Wildman–Crippen LogP) is 2.23. The van der Waals surface area contributed by atoms with E-state index in [4.69, 9.17) is 5.73 Å². The lowest BCUT2D eigenvalue weighted by atomic mass is 9.78. The molecule has 0 bridgehead atoms. The van der Waals surface area contributed by atoms with Gasteiger partial charge in [0.25, 0.3) is 0 Å². The quantitative estimate of drug-likeness (QED) is 0.866. The lowest BCUT2D eigenvalue weighted by molar-refractivity contribution is 0.265. The Labute approximate surface area is 107 Å². The average Bonchev–Trinajstić information content (AvgIpc) is 2.36. The van der Waals surface area contributed by atoms with Crippen molar-refractivity contribution in [3.63, 3.8) is 0 Å². The Morgan fingerprint density at radius 1 is 1.22 bits per heavy atom. The highest BCUT2D eigenvalue weighted by molar-refractivity contribution is 5.92.